The number of cyclic esters (lactones) is 1. The molecule has 1 aliphatic heterocycles. The molecule has 0 N–H and O–H groups in total. The van der Waals surface area contributed by atoms with E-state index in [0.29, 0.717) is 19.7 Å². The van der Waals surface area contributed by atoms with Crippen LogP contribution in [-0.2, 0) is 9.53 Å². The molecule has 1 atom stereocenters. The van der Waals surface area contributed by atoms with E-state index in [-0.39, 0.29) is 17.6 Å². The molecule has 0 radical (unpaired) electrons. The predicted octanol–water partition coefficient (Wildman–Crippen LogP) is 1.58. The number of isocyanates is 1. The summed E-state index contributed by atoms with van der Waals surface area (Å²) in [5.74, 6) is 0. The fourth-order valence-corrected chi connectivity index (χ4v) is 1.54. The first-order valence-electron chi connectivity index (χ1n) is 5.44. The molecule has 0 aromatic rings. The molecule has 0 aromatic heterocycles. The Morgan fingerprint density at radius 1 is 1.56 bits per heavy atom. The van der Waals surface area contributed by atoms with Crippen molar-refractivity contribution in [1.29, 1.82) is 0 Å². The number of carbonyl (C=O) groups is 1. The third kappa shape index (κ3) is 3.35. The standard InChI is InChI=1S/C11H18N2O3/c1-11(2,3)9(12-8-14)7-13-5-4-6-16-10(13)15/h9H,4-7H2,1-3H3. The monoisotopic (exact) mass is 226 g/mol. The van der Waals surface area contributed by atoms with Crippen LogP contribution in [0.3, 0.4) is 0 Å². The molecular weight excluding hydrogens is 208 g/mol. The van der Waals surface area contributed by atoms with Gasteiger partial charge in [-0.2, -0.15) is 0 Å². The van der Waals surface area contributed by atoms with E-state index < -0.39 is 0 Å². The third-order valence-corrected chi connectivity index (χ3v) is 2.66. The quantitative estimate of drug-likeness (QED) is 0.542. The van der Waals surface area contributed by atoms with Gasteiger partial charge in [0.1, 0.15) is 0 Å². The van der Waals surface area contributed by atoms with Gasteiger partial charge < -0.3 is 9.64 Å². The average molecular weight is 226 g/mol. The van der Waals surface area contributed by atoms with Gasteiger partial charge in [-0.15, -0.1) is 0 Å². The smallest absolute Gasteiger partial charge is 0.409 e. The summed E-state index contributed by atoms with van der Waals surface area (Å²) < 4.78 is 4.93. The Bertz CT molecular complexity index is 303. The van der Waals surface area contributed by atoms with Crippen LogP contribution in [0.25, 0.3) is 0 Å². The van der Waals surface area contributed by atoms with E-state index >= 15 is 0 Å². The van der Waals surface area contributed by atoms with E-state index in [1.807, 2.05) is 20.8 Å². The van der Waals surface area contributed by atoms with Crippen LogP contribution in [0.5, 0.6) is 0 Å². The zero-order valence-corrected chi connectivity index (χ0v) is 10.0. The van der Waals surface area contributed by atoms with Crippen LogP contribution in [0.2, 0.25) is 0 Å². The number of amides is 1. The summed E-state index contributed by atoms with van der Waals surface area (Å²) in [6.45, 7) is 7.50. The molecule has 1 fully saturated rings. The number of hydrogen-bond acceptors (Lipinski definition) is 4. The molecule has 1 amide bonds. The van der Waals surface area contributed by atoms with Crippen molar-refractivity contribution in [3.05, 3.63) is 0 Å². The van der Waals surface area contributed by atoms with E-state index in [2.05, 4.69) is 4.99 Å². The Kier molecular flexibility index (Phi) is 4.07. The molecule has 1 aliphatic rings. The van der Waals surface area contributed by atoms with Crippen molar-refractivity contribution >= 4 is 12.2 Å². The van der Waals surface area contributed by atoms with Crippen molar-refractivity contribution in [3.63, 3.8) is 0 Å². The summed E-state index contributed by atoms with van der Waals surface area (Å²) in [6.07, 6.45) is 2.08. The zero-order valence-electron chi connectivity index (χ0n) is 10.0. The van der Waals surface area contributed by atoms with Crippen molar-refractivity contribution < 1.29 is 14.3 Å². The third-order valence-electron chi connectivity index (χ3n) is 2.66. The Hall–Kier alpha value is -1.35. The van der Waals surface area contributed by atoms with Crippen LogP contribution in [0, 0.1) is 5.41 Å². The minimum Gasteiger partial charge on any atom is -0.449 e. The van der Waals surface area contributed by atoms with Gasteiger partial charge in [0.25, 0.3) is 0 Å². The highest BCUT2D eigenvalue weighted by molar-refractivity contribution is 5.68. The lowest BCUT2D eigenvalue weighted by Gasteiger charge is -2.33. The molecule has 90 valence electrons. The topological polar surface area (TPSA) is 59.0 Å². The van der Waals surface area contributed by atoms with Gasteiger partial charge in [0.05, 0.1) is 12.6 Å². The maximum atomic E-state index is 11.4. The van der Waals surface area contributed by atoms with Crippen LogP contribution in [0.1, 0.15) is 27.2 Å². The molecule has 0 bridgehead atoms. The molecule has 16 heavy (non-hydrogen) atoms. The van der Waals surface area contributed by atoms with Crippen molar-refractivity contribution in [2.75, 3.05) is 19.7 Å². The normalized spacial score (nSPS) is 18.7. The molecule has 5 nitrogen and oxygen atoms in total. The van der Waals surface area contributed by atoms with Gasteiger partial charge in [-0.25, -0.2) is 14.6 Å². The van der Waals surface area contributed by atoms with E-state index in [1.54, 1.807) is 11.0 Å². The first-order valence-corrected chi connectivity index (χ1v) is 5.44. The van der Waals surface area contributed by atoms with E-state index in [4.69, 9.17) is 4.74 Å². The van der Waals surface area contributed by atoms with Gasteiger partial charge in [0, 0.05) is 13.1 Å². The molecule has 1 rings (SSSR count). The number of carbonyl (C=O) groups excluding carboxylic acids is 2. The SMILES string of the molecule is CC(C)(C)C(CN1CCCOC1=O)N=C=O. The van der Waals surface area contributed by atoms with Gasteiger partial charge >= 0.3 is 6.09 Å². The highest BCUT2D eigenvalue weighted by Gasteiger charge is 2.30. The second kappa shape index (κ2) is 5.12. The van der Waals surface area contributed by atoms with Crippen LogP contribution in [-0.4, -0.2) is 42.8 Å². The van der Waals surface area contributed by atoms with E-state index in [0.717, 1.165) is 6.42 Å². The largest absolute Gasteiger partial charge is 0.449 e. The number of rotatable bonds is 3. The van der Waals surface area contributed by atoms with Gasteiger partial charge in [-0.3, -0.25) is 0 Å². The average Bonchev–Trinajstić information content (AvgIpc) is 2.19. The Morgan fingerprint density at radius 3 is 2.75 bits per heavy atom. The summed E-state index contributed by atoms with van der Waals surface area (Å²) in [5.41, 5.74) is -0.171. The number of aliphatic imine (C=N–C) groups is 1. The van der Waals surface area contributed by atoms with Gasteiger partial charge in [0.2, 0.25) is 6.08 Å². The molecule has 0 aliphatic carbocycles. The summed E-state index contributed by atoms with van der Waals surface area (Å²) >= 11 is 0. The van der Waals surface area contributed by atoms with Gasteiger partial charge in [-0.05, 0) is 11.8 Å². The van der Waals surface area contributed by atoms with Crippen molar-refractivity contribution in [3.8, 4) is 0 Å². The molecule has 0 spiro atoms. The number of hydrogen-bond donors (Lipinski definition) is 0. The zero-order chi connectivity index (χ0) is 12.2. The van der Waals surface area contributed by atoms with Crippen molar-refractivity contribution in [2.45, 2.75) is 33.2 Å². The summed E-state index contributed by atoms with van der Waals surface area (Å²) in [6, 6.07) is -0.240. The molecule has 0 saturated carbocycles. The van der Waals surface area contributed by atoms with Crippen LogP contribution < -0.4 is 0 Å². The molecule has 1 saturated heterocycles. The lowest BCUT2D eigenvalue weighted by Crippen LogP contribution is -2.45. The highest BCUT2D eigenvalue weighted by atomic mass is 16.6. The summed E-state index contributed by atoms with van der Waals surface area (Å²) in [5, 5.41) is 0. The second-order valence-electron chi connectivity index (χ2n) is 5.02. The summed E-state index contributed by atoms with van der Waals surface area (Å²) in [4.78, 5) is 27.1. The predicted molar refractivity (Wildman–Crippen MR) is 58.9 cm³/mol. The fourth-order valence-electron chi connectivity index (χ4n) is 1.54. The van der Waals surface area contributed by atoms with E-state index in [9.17, 15) is 9.59 Å². The number of nitrogens with zero attached hydrogens (tertiary/aromatic N) is 2. The first kappa shape index (κ1) is 12.7. The summed E-state index contributed by atoms with van der Waals surface area (Å²) in [7, 11) is 0. The lowest BCUT2D eigenvalue weighted by atomic mass is 9.87. The lowest BCUT2D eigenvalue weighted by molar-refractivity contribution is 0.0652. The Morgan fingerprint density at radius 2 is 2.25 bits per heavy atom. The van der Waals surface area contributed by atoms with Gasteiger partial charge in [0.15, 0.2) is 0 Å². The maximum Gasteiger partial charge on any atom is 0.409 e. The van der Waals surface area contributed by atoms with E-state index in [1.165, 1.54) is 0 Å². The number of ether oxygens (including phenoxy) is 1. The van der Waals surface area contributed by atoms with Crippen LogP contribution in [0.15, 0.2) is 4.99 Å². The Balaban J connectivity index is 2.67. The van der Waals surface area contributed by atoms with Crippen molar-refractivity contribution in [2.24, 2.45) is 10.4 Å². The van der Waals surface area contributed by atoms with Crippen molar-refractivity contribution in [1.82, 2.24) is 4.90 Å². The highest BCUT2D eigenvalue weighted by Crippen LogP contribution is 2.23. The van der Waals surface area contributed by atoms with Crippen LogP contribution in [0.4, 0.5) is 4.79 Å². The molecule has 0 aromatic carbocycles. The first-order chi connectivity index (χ1) is 7.45. The molecule has 1 heterocycles. The van der Waals surface area contributed by atoms with Gasteiger partial charge in [-0.1, -0.05) is 20.8 Å². The second-order valence-corrected chi connectivity index (χ2v) is 5.02. The minimum atomic E-state index is -0.318. The Labute approximate surface area is 95.5 Å². The fraction of sp³-hybridized carbons (Fsp3) is 0.818. The molecule has 1 unspecified atom stereocenters. The maximum absolute atomic E-state index is 11.4. The minimum absolute atomic E-state index is 0.171. The molecular formula is C11H18N2O3. The van der Waals surface area contributed by atoms with Crippen LogP contribution >= 0.6 is 0 Å². The molecule has 5 heteroatoms.